The van der Waals surface area contributed by atoms with Crippen LogP contribution in [-0.2, 0) is 29.6 Å². The molecule has 2 N–H and O–H groups in total. The number of nitrogens with two attached hydrogens (primary N) is 1. The number of esters is 1. The molecule has 0 spiro atoms. The standard InChI is InChI=1S/C14H19N3O7S2/c1-25(20,21)17-8-6-16(7-9-17)13(18)10-24-14(19)11-2-4-12(5-3-11)26(15,22)23/h2-5H,6-10H2,1H3,(H2,15,22,23). The highest BCUT2D eigenvalue weighted by molar-refractivity contribution is 7.89. The van der Waals surface area contributed by atoms with Gasteiger partial charge in [0.25, 0.3) is 5.91 Å². The molecule has 0 radical (unpaired) electrons. The van der Waals surface area contributed by atoms with Crippen LogP contribution in [0.5, 0.6) is 0 Å². The van der Waals surface area contributed by atoms with Gasteiger partial charge < -0.3 is 9.64 Å². The van der Waals surface area contributed by atoms with E-state index in [0.717, 1.165) is 18.4 Å². The summed E-state index contributed by atoms with van der Waals surface area (Å²) in [7, 11) is -7.15. The van der Waals surface area contributed by atoms with E-state index >= 15 is 0 Å². The third-order valence-corrected chi connectivity index (χ3v) is 6.04. The summed E-state index contributed by atoms with van der Waals surface area (Å²) in [6, 6.07) is 4.80. The number of piperazine rings is 1. The molecule has 10 nitrogen and oxygen atoms in total. The predicted molar refractivity (Wildman–Crippen MR) is 91.1 cm³/mol. The van der Waals surface area contributed by atoms with Crippen LogP contribution in [0.1, 0.15) is 10.4 Å². The van der Waals surface area contributed by atoms with E-state index < -0.39 is 38.5 Å². The minimum absolute atomic E-state index is 0.0760. The Labute approximate surface area is 151 Å². The van der Waals surface area contributed by atoms with Crippen molar-refractivity contribution < 1.29 is 31.2 Å². The fraction of sp³-hybridized carbons (Fsp3) is 0.429. The number of rotatable bonds is 5. The van der Waals surface area contributed by atoms with Crippen molar-refractivity contribution >= 4 is 31.9 Å². The van der Waals surface area contributed by atoms with E-state index in [1.807, 2.05) is 0 Å². The Balaban J connectivity index is 1.87. The van der Waals surface area contributed by atoms with Crippen LogP contribution in [-0.4, -0.2) is 77.0 Å². The molecule has 2 rings (SSSR count). The molecule has 0 atom stereocenters. The Hall–Kier alpha value is -2.02. The summed E-state index contributed by atoms with van der Waals surface area (Å²) in [5, 5.41) is 4.97. The molecule has 1 saturated heterocycles. The predicted octanol–water partition coefficient (Wildman–Crippen LogP) is -1.41. The molecule has 1 aromatic rings. The van der Waals surface area contributed by atoms with Crippen molar-refractivity contribution in [3.63, 3.8) is 0 Å². The first-order valence-electron chi connectivity index (χ1n) is 7.51. The van der Waals surface area contributed by atoms with Gasteiger partial charge in [0.2, 0.25) is 20.0 Å². The van der Waals surface area contributed by atoms with E-state index in [4.69, 9.17) is 9.88 Å². The lowest BCUT2D eigenvalue weighted by Gasteiger charge is -2.33. The second kappa shape index (κ2) is 7.70. The molecule has 0 aliphatic carbocycles. The van der Waals surface area contributed by atoms with Crippen molar-refractivity contribution in [2.24, 2.45) is 5.14 Å². The number of primary sulfonamides is 1. The second-order valence-corrected chi connectivity index (χ2v) is 9.23. The van der Waals surface area contributed by atoms with Gasteiger partial charge in [-0.05, 0) is 24.3 Å². The first-order chi connectivity index (χ1) is 12.0. The molecule has 1 fully saturated rings. The maximum Gasteiger partial charge on any atom is 0.338 e. The van der Waals surface area contributed by atoms with Gasteiger partial charge in [-0.2, -0.15) is 4.31 Å². The molecule has 0 aromatic heterocycles. The lowest BCUT2D eigenvalue weighted by Crippen LogP contribution is -2.51. The smallest absolute Gasteiger partial charge is 0.338 e. The van der Waals surface area contributed by atoms with Gasteiger partial charge in [-0.15, -0.1) is 0 Å². The van der Waals surface area contributed by atoms with Crippen molar-refractivity contribution in [1.82, 2.24) is 9.21 Å². The number of amides is 1. The highest BCUT2D eigenvalue weighted by Gasteiger charge is 2.26. The Kier molecular flexibility index (Phi) is 6.01. The van der Waals surface area contributed by atoms with Crippen LogP contribution < -0.4 is 5.14 Å². The molecule has 1 amide bonds. The van der Waals surface area contributed by atoms with E-state index in [0.29, 0.717) is 0 Å². The lowest BCUT2D eigenvalue weighted by atomic mass is 10.2. The van der Waals surface area contributed by atoms with Gasteiger partial charge in [0, 0.05) is 26.2 Å². The van der Waals surface area contributed by atoms with Crippen LogP contribution in [0.4, 0.5) is 0 Å². The highest BCUT2D eigenvalue weighted by Crippen LogP contribution is 2.10. The molecule has 1 aliphatic heterocycles. The number of nitrogens with zero attached hydrogens (tertiary/aromatic N) is 2. The first kappa shape index (κ1) is 20.3. The summed E-state index contributed by atoms with van der Waals surface area (Å²) in [6.45, 7) is 0.314. The quantitative estimate of drug-likeness (QED) is 0.593. The molecule has 12 heteroatoms. The zero-order chi connectivity index (χ0) is 19.5. The number of benzene rings is 1. The molecular weight excluding hydrogens is 386 g/mol. The summed E-state index contributed by atoms with van der Waals surface area (Å²) < 4.78 is 51.4. The Morgan fingerprint density at radius 3 is 2.04 bits per heavy atom. The van der Waals surface area contributed by atoms with Crippen LogP contribution >= 0.6 is 0 Å². The summed E-state index contributed by atoms with van der Waals surface area (Å²) in [6.07, 6.45) is 1.10. The SMILES string of the molecule is CS(=O)(=O)N1CCN(C(=O)COC(=O)c2ccc(S(N)(=O)=O)cc2)CC1. The lowest BCUT2D eigenvalue weighted by molar-refractivity contribution is -0.135. The van der Waals surface area contributed by atoms with Gasteiger partial charge in [0.15, 0.2) is 6.61 Å². The van der Waals surface area contributed by atoms with Crippen LogP contribution in [0.2, 0.25) is 0 Å². The normalized spacial score (nSPS) is 16.3. The van der Waals surface area contributed by atoms with Crippen molar-refractivity contribution in [2.75, 3.05) is 39.0 Å². The monoisotopic (exact) mass is 405 g/mol. The molecular formula is C14H19N3O7S2. The van der Waals surface area contributed by atoms with Crippen LogP contribution in [0.3, 0.4) is 0 Å². The van der Waals surface area contributed by atoms with Crippen LogP contribution in [0, 0.1) is 0 Å². The Bertz CT molecular complexity index is 887. The van der Waals surface area contributed by atoms with Gasteiger partial charge in [-0.3, -0.25) is 4.79 Å². The first-order valence-corrected chi connectivity index (χ1v) is 10.9. The number of carbonyl (C=O) groups is 2. The summed E-state index contributed by atoms with van der Waals surface area (Å²) in [5.74, 6) is -1.22. The fourth-order valence-corrected chi connectivity index (χ4v) is 3.69. The van der Waals surface area contributed by atoms with Crippen LogP contribution in [0.15, 0.2) is 29.2 Å². The van der Waals surface area contributed by atoms with Gasteiger partial charge in [0.05, 0.1) is 16.7 Å². The minimum Gasteiger partial charge on any atom is -0.452 e. The topological polar surface area (TPSA) is 144 Å². The van der Waals surface area contributed by atoms with Crippen molar-refractivity contribution in [3.8, 4) is 0 Å². The number of hydrogen-bond acceptors (Lipinski definition) is 7. The maximum atomic E-state index is 12.1. The maximum absolute atomic E-state index is 12.1. The van der Waals surface area contributed by atoms with E-state index in [-0.39, 0.29) is 36.6 Å². The minimum atomic E-state index is -3.86. The van der Waals surface area contributed by atoms with Crippen molar-refractivity contribution in [3.05, 3.63) is 29.8 Å². The molecule has 144 valence electrons. The molecule has 1 aromatic carbocycles. The summed E-state index contributed by atoms with van der Waals surface area (Å²) in [5.41, 5.74) is 0.0760. The molecule has 0 bridgehead atoms. The Morgan fingerprint density at radius 1 is 1.04 bits per heavy atom. The average Bonchev–Trinajstić information content (AvgIpc) is 2.58. The highest BCUT2D eigenvalue weighted by atomic mass is 32.2. The molecule has 0 saturated carbocycles. The van der Waals surface area contributed by atoms with E-state index in [1.54, 1.807) is 0 Å². The van der Waals surface area contributed by atoms with Gasteiger partial charge >= 0.3 is 5.97 Å². The largest absolute Gasteiger partial charge is 0.452 e. The van der Waals surface area contributed by atoms with Crippen molar-refractivity contribution in [1.29, 1.82) is 0 Å². The summed E-state index contributed by atoms with van der Waals surface area (Å²) >= 11 is 0. The zero-order valence-electron chi connectivity index (χ0n) is 14.0. The van der Waals surface area contributed by atoms with Crippen LogP contribution in [0.25, 0.3) is 0 Å². The number of sulfonamides is 2. The molecule has 1 aliphatic rings. The van der Waals surface area contributed by atoms with Gasteiger partial charge in [-0.1, -0.05) is 0 Å². The van der Waals surface area contributed by atoms with Gasteiger partial charge in [0.1, 0.15) is 0 Å². The molecule has 26 heavy (non-hydrogen) atoms. The van der Waals surface area contributed by atoms with E-state index in [9.17, 15) is 26.4 Å². The fourth-order valence-electron chi connectivity index (χ4n) is 2.35. The number of ether oxygens (including phenoxy) is 1. The summed E-state index contributed by atoms with van der Waals surface area (Å²) in [4.78, 5) is 25.2. The third kappa shape index (κ3) is 5.24. The molecule has 1 heterocycles. The van der Waals surface area contributed by atoms with Gasteiger partial charge in [-0.25, -0.2) is 26.8 Å². The van der Waals surface area contributed by atoms with E-state index in [2.05, 4.69) is 0 Å². The van der Waals surface area contributed by atoms with E-state index in [1.165, 1.54) is 21.3 Å². The number of carbonyl (C=O) groups excluding carboxylic acids is 2. The second-order valence-electron chi connectivity index (χ2n) is 5.69. The van der Waals surface area contributed by atoms with Crippen molar-refractivity contribution in [2.45, 2.75) is 4.90 Å². The zero-order valence-corrected chi connectivity index (χ0v) is 15.6. The average molecular weight is 405 g/mol. The third-order valence-electron chi connectivity index (χ3n) is 3.81. The number of hydrogen-bond donors (Lipinski definition) is 1. The molecule has 0 unspecified atom stereocenters. The Morgan fingerprint density at radius 2 is 1.58 bits per heavy atom.